The van der Waals surface area contributed by atoms with Crippen LogP contribution in [0, 0.1) is 5.82 Å². The SMILES string of the molecule is CCCC(C)NC(=O)CN[C@@H](C)c1ccc(F)cc1. The van der Waals surface area contributed by atoms with Gasteiger partial charge >= 0.3 is 0 Å². The highest BCUT2D eigenvalue weighted by molar-refractivity contribution is 5.78. The quantitative estimate of drug-likeness (QED) is 0.796. The molecule has 1 rings (SSSR count). The predicted octanol–water partition coefficient (Wildman–Crippen LogP) is 2.78. The Morgan fingerprint density at radius 2 is 1.89 bits per heavy atom. The van der Waals surface area contributed by atoms with Gasteiger partial charge in [0.15, 0.2) is 0 Å². The average molecular weight is 266 g/mol. The van der Waals surface area contributed by atoms with Gasteiger partial charge in [0, 0.05) is 12.1 Å². The second-order valence-electron chi connectivity index (χ2n) is 4.91. The van der Waals surface area contributed by atoms with Crippen molar-refractivity contribution < 1.29 is 9.18 Å². The molecule has 106 valence electrons. The molecule has 1 amide bonds. The Morgan fingerprint density at radius 3 is 2.47 bits per heavy atom. The molecule has 0 aliphatic heterocycles. The van der Waals surface area contributed by atoms with Crippen LogP contribution in [0.5, 0.6) is 0 Å². The van der Waals surface area contributed by atoms with Crippen LogP contribution >= 0.6 is 0 Å². The maximum Gasteiger partial charge on any atom is 0.234 e. The summed E-state index contributed by atoms with van der Waals surface area (Å²) in [6.45, 7) is 6.32. The highest BCUT2D eigenvalue weighted by Gasteiger charge is 2.09. The van der Waals surface area contributed by atoms with E-state index in [4.69, 9.17) is 0 Å². The molecule has 2 atom stereocenters. The summed E-state index contributed by atoms with van der Waals surface area (Å²) >= 11 is 0. The van der Waals surface area contributed by atoms with Crippen LogP contribution in [0.2, 0.25) is 0 Å². The molecule has 3 nitrogen and oxygen atoms in total. The zero-order chi connectivity index (χ0) is 14.3. The fourth-order valence-corrected chi connectivity index (χ4v) is 1.95. The van der Waals surface area contributed by atoms with Gasteiger partial charge in [-0.1, -0.05) is 25.5 Å². The van der Waals surface area contributed by atoms with Gasteiger partial charge in [-0.15, -0.1) is 0 Å². The minimum Gasteiger partial charge on any atom is -0.353 e. The van der Waals surface area contributed by atoms with Gasteiger partial charge in [0.2, 0.25) is 5.91 Å². The largest absolute Gasteiger partial charge is 0.353 e. The summed E-state index contributed by atoms with van der Waals surface area (Å²) in [6, 6.07) is 6.54. The first kappa shape index (κ1) is 15.6. The first-order chi connectivity index (χ1) is 9.02. The van der Waals surface area contributed by atoms with Crippen molar-refractivity contribution in [3.05, 3.63) is 35.6 Å². The van der Waals surface area contributed by atoms with Crippen molar-refractivity contribution in [2.75, 3.05) is 6.54 Å². The number of hydrogen-bond donors (Lipinski definition) is 2. The number of carbonyl (C=O) groups is 1. The first-order valence-electron chi connectivity index (χ1n) is 6.81. The normalized spacial score (nSPS) is 13.9. The van der Waals surface area contributed by atoms with Crippen LogP contribution in [0.1, 0.15) is 45.2 Å². The summed E-state index contributed by atoms with van der Waals surface area (Å²) < 4.78 is 12.8. The minimum absolute atomic E-state index is 0.00471. The number of hydrogen-bond acceptors (Lipinski definition) is 2. The van der Waals surface area contributed by atoms with Crippen molar-refractivity contribution in [1.82, 2.24) is 10.6 Å². The molecule has 0 aliphatic rings. The van der Waals surface area contributed by atoms with Crippen LogP contribution in [-0.2, 0) is 4.79 Å². The molecule has 4 heteroatoms. The molecule has 0 bridgehead atoms. The summed E-state index contributed by atoms with van der Waals surface area (Å²) in [7, 11) is 0. The van der Waals surface area contributed by atoms with E-state index in [-0.39, 0.29) is 30.4 Å². The lowest BCUT2D eigenvalue weighted by Crippen LogP contribution is -2.39. The van der Waals surface area contributed by atoms with Crippen LogP contribution < -0.4 is 10.6 Å². The molecule has 0 aromatic heterocycles. The summed E-state index contributed by atoms with van der Waals surface area (Å²) in [6.07, 6.45) is 2.04. The van der Waals surface area contributed by atoms with Crippen LogP contribution in [-0.4, -0.2) is 18.5 Å². The lowest BCUT2D eigenvalue weighted by Gasteiger charge is -2.16. The van der Waals surface area contributed by atoms with Gasteiger partial charge in [0.05, 0.1) is 6.54 Å². The Hall–Kier alpha value is -1.42. The van der Waals surface area contributed by atoms with E-state index in [1.54, 1.807) is 12.1 Å². The Balaban J connectivity index is 2.35. The van der Waals surface area contributed by atoms with E-state index in [1.165, 1.54) is 12.1 Å². The van der Waals surface area contributed by atoms with E-state index >= 15 is 0 Å². The second kappa shape index (κ2) is 7.89. The summed E-state index contributed by atoms with van der Waals surface area (Å²) in [5.74, 6) is -0.253. The molecule has 2 N–H and O–H groups in total. The summed E-state index contributed by atoms with van der Waals surface area (Å²) in [5.41, 5.74) is 0.968. The second-order valence-corrected chi connectivity index (χ2v) is 4.91. The van der Waals surface area contributed by atoms with Gasteiger partial charge in [0.25, 0.3) is 0 Å². The molecule has 0 fully saturated rings. The smallest absolute Gasteiger partial charge is 0.234 e. The fourth-order valence-electron chi connectivity index (χ4n) is 1.95. The van der Waals surface area contributed by atoms with Gasteiger partial charge in [0.1, 0.15) is 5.82 Å². The molecule has 1 aromatic carbocycles. The molecular weight excluding hydrogens is 243 g/mol. The third-order valence-corrected chi connectivity index (χ3v) is 3.07. The maximum absolute atomic E-state index is 12.8. The summed E-state index contributed by atoms with van der Waals surface area (Å²) in [4.78, 5) is 11.7. The third kappa shape index (κ3) is 5.83. The van der Waals surface area contributed by atoms with Crippen molar-refractivity contribution in [2.24, 2.45) is 0 Å². The van der Waals surface area contributed by atoms with Crippen molar-refractivity contribution in [2.45, 2.75) is 45.7 Å². The lowest BCUT2D eigenvalue weighted by atomic mass is 10.1. The number of carbonyl (C=O) groups excluding carboxylic acids is 1. The molecule has 0 saturated heterocycles. The summed E-state index contributed by atoms with van der Waals surface area (Å²) in [5, 5.41) is 6.07. The van der Waals surface area contributed by atoms with Crippen LogP contribution in [0.25, 0.3) is 0 Å². The van der Waals surface area contributed by atoms with Crippen LogP contribution in [0.15, 0.2) is 24.3 Å². The van der Waals surface area contributed by atoms with E-state index < -0.39 is 0 Å². The molecular formula is C15H23FN2O. The Bertz CT molecular complexity index is 392. The molecule has 1 unspecified atom stereocenters. The zero-order valence-electron chi connectivity index (χ0n) is 11.9. The van der Waals surface area contributed by atoms with E-state index in [9.17, 15) is 9.18 Å². The topological polar surface area (TPSA) is 41.1 Å². The van der Waals surface area contributed by atoms with Crippen LogP contribution in [0.3, 0.4) is 0 Å². The number of halogens is 1. The Morgan fingerprint density at radius 1 is 1.26 bits per heavy atom. The number of nitrogens with one attached hydrogen (secondary N) is 2. The maximum atomic E-state index is 12.8. The Kier molecular flexibility index (Phi) is 6.50. The first-order valence-corrected chi connectivity index (χ1v) is 6.81. The van der Waals surface area contributed by atoms with Gasteiger partial charge in [-0.25, -0.2) is 4.39 Å². The highest BCUT2D eigenvalue weighted by Crippen LogP contribution is 2.12. The molecule has 0 spiro atoms. The molecule has 0 saturated carbocycles. The van der Waals surface area contributed by atoms with Crippen LogP contribution in [0.4, 0.5) is 4.39 Å². The van der Waals surface area contributed by atoms with Gasteiger partial charge in [-0.2, -0.15) is 0 Å². The standard InChI is InChI=1S/C15H23FN2O/c1-4-5-11(2)18-15(19)10-17-12(3)13-6-8-14(16)9-7-13/h6-9,11-12,17H,4-5,10H2,1-3H3,(H,18,19)/t11?,12-/m0/s1. The average Bonchev–Trinajstić information content (AvgIpc) is 2.37. The minimum atomic E-state index is -0.248. The van der Waals surface area contributed by atoms with Crippen molar-refractivity contribution >= 4 is 5.91 Å². The van der Waals surface area contributed by atoms with E-state index in [1.807, 2.05) is 13.8 Å². The molecule has 0 heterocycles. The van der Waals surface area contributed by atoms with Gasteiger partial charge in [-0.3, -0.25) is 4.79 Å². The number of benzene rings is 1. The van der Waals surface area contributed by atoms with E-state index in [0.29, 0.717) is 0 Å². The monoisotopic (exact) mass is 266 g/mol. The van der Waals surface area contributed by atoms with Gasteiger partial charge in [-0.05, 0) is 38.0 Å². The van der Waals surface area contributed by atoms with Gasteiger partial charge < -0.3 is 10.6 Å². The lowest BCUT2D eigenvalue weighted by molar-refractivity contribution is -0.121. The number of rotatable bonds is 7. The zero-order valence-corrected chi connectivity index (χ0v) is 11.9. The molecule has 1 aromatic rings. The predicted molar refractivity (Wildman–Crippen MR) is 75.3 cm³/mol. The highest BCUT2D eigenvalue weighted by atomic mass is 19.1. The van der Waals surface area contributed by atoms with E-state index in [2.05, 4.69) is 17.6 Å². The number of amides is 1. The third-order valence-electron chi connectivity index (χ3n) is 3.07. The molecule has 0 radical (unpaired) electrons. The van der Waals surface area contributed by atoms with Crippen molar-refractivity contribution in [1.29, 1.82) is 0 Å². The van der Waals surface area contributed by atoms with Crippen molar-refractivity contribution in [3.63, 3.8) is 0 Å². The fraction of sp³-hybridized carbons (Fsp3) is 0.533. The molecule has 0 aliphatic carbocycles. The Labute approximate surface area is 114 Å². The van der Waals surface area contributed by atoms with E-state index in [0.717, 1.165) is 18.4 Å². The van der Waals surface area contributed by atoms with Crippen molar-refractivity contribution in [3.8, 4) is 0 Å². The molecule has 19 heavy (non-hydrogen) atoms.